The van der Waals surface area contributed by atoms with Gasteiger partial charge >= 0.3 is 0 Å². The van der Waals surface area contributed by atoms with Crippen molar-refractivity contribution in [2.75, 3.05) is 32.8 Å². The van der Waals surface area contributed by atoms with Crippen LogP contribution < -0.4 is 0 Å². The summed E-state index contributed by atoms with van der Waals surface area (Å²) < 4.78 is 5.56. The molecule has 2 aliphatic rings. The van der Waals surface area contributed by atoms with Crippen molar-refractivity contribution in [2.45, 2.75) is 31.9 Å². The molecule has 4 heteroatoms. The van der Waals surface area contributed by atoms with Crippen LogP contribution in [0.25, 0.3) is 0 Å². The largest absolute Gasteiger partial charge is 0.378 e. The summed E-state index contributed by atoms with van der Waals surface area (Å²) >= 11 is 0. The van der Waals surface area contributed by atoms with Gasteiger partial charge in [-0.1, -0.05) is 30.3 Å². The normalized spacial score (nSPS) is 23.4. The number of hydrogen-bond acceptors (Lipinski definition) is 3. The second kappa shape index (κ2) is 7.05. The molecule has 2 heterocycles. The molecule has 1 aromatic rings. The number of rotatable bonds is 4. The molecular weight excluding hydrogens is 264 g/mol. The Morgan fingerprint density at radius 1 is 1.14 bits per heavy atom. The van der Waals surface area contributed by atoms with Gasteiger partial charge in [-0.05, 0) is 18.4 Å². The molecular formula is C17H24N2O2. The van der Waals surface area contributed by atoms with E-state index in [2.05, 4.69) is 29.2 Å². The van der Waals surface area contributed by atoms with E-state index in [1.165, 1.54) is 5.56 Å². The third-order valence-corrected chi connectivity index (χ3v) is 4.40. The topological polar surface area (TPSA) is 32.8 Å². The molecule has 0 aromatic heterocycles. The van der Waals surface area contributed by atoms with Crippen molar-refractivity contribution in [3.63, 3.8) is 0 Å². The molecule has 1 atom stereocenters. The smallest absolute Gasteiger partial charge is 0.225 e. The zero-order chi connectivity index (χ0) is 14.5. The molecule has 0 N–H and O–H groups in total. The van der Waals surface area contributed by atoms with Gasteiger partial charge in [0.15, 0.2) is 0 Å². The summed E-state index contributed by atoms with van der Waals surface area (Å²) in [5, 5.41) is 0. The summed E-state index contributed by atoms with van der Waals surface area (Å²) in [6, 6.07) is 10.5. The van der Waals surface area contributed by atoms with Crippen LogP contribution in [0.3, 0.4) is 0 Å². The maximum absolute atomic E-state index is 12.2. The Labute approximate surface area is 126 Å². The van der Waals surface area contributed by atoms with Gasteiger partial charge in [-0.3, -0.25) is 9.69 Å². The summed E-state index contributed by atoms with van der Waals surface area (Å²) in [7, 11) is 0. The summed E-state index contributed by atoms with van der Waals surface area (Å²) in [4.78, 5) is 16.7. The fourth-order valence-corrected chi connectivity index (χ4v) is 3.13. The van der Waals surface area contributed by atoms with Gasteiger partial charge in [0, 0.05) is 39.3 Å². The predicted octanol–water partition coefficient (Wildman–Crippen LogP) is 1.90. The number of benzene rings is 1. The quantitative estimate of drug-likeness (QED) is 0.848. The first-order chi connectivity index (χ1) is 10.3. The van der Waals surface area contributed by atoms with Gasteiger partial charge in [0.2, 0.25) is 5.91 Å². The Balaban J connectivity index is 1.43. The summed E-state index contributed by atoms with van der Waals surface area (Å²) in [5.41, 5.74) is 1.34. The van der Waals surface area contributed by atoms with Crippen molar-refractivity contribution in [2.24, 2.45) is 0 Å². The lowest BCUT2D eigenvalue weighted by molar-refractivity contribution is -0.135. The first kappa shape index (κ1) is 14.5. The lowest BCUT2D eigenvalue weighted by Crippen LogP contribution is -2.48. The summed E-state index contributed by atoms with van der Waals surface area (Å²) in [5.74, 6) is 0.265. The van der Waals surface area contributed by atoms with Gasteiger partial charge in [-0.15, -0.1) is 0 Å². The first-order valence-electron chi connectivity index (χ1n) is 7.97. The van der Waals surface area contributed by atoms with Crippen LogP contribution in [0.5, 0.6) is 0 Å². The average molecular weight is 288 g/mol. The van der Waals surface area contributed by atoms with Crippen molar-refractivity contribution >= 4 is 5.91 Å². The van der Waals surface area contributed by atoms with E-state index in [1.807, 2.05) is 11.0 Å². The van der Waals surface area contributed by atoms with Crippen LogP contribution in [-0.4, -0.2) is 54.6 Å². The van der Waals surface area contributed by atoms with Crippen molar-refractivity contribution < 1.29 is 9.53 Å². The van der Waals surface area contributed by atoms with E-state index in [0.29, 0.717) is 6.42 Å². The molecule has 1 aromatic carbocycles. The van der Waals surface area contributed by atoms with E-state index < -0.39 is 0 Å². The second-order valence-electron chi connectivity index (χ2n) is 5.98. The number of amides is 1. The van der Waals surface area contributed by atoms with E-state index >= 15 is 0 Å². The standard InChI is InChI=1S/C17H24N2O2/c20-17(13-16-7-4-12-21-16)19-10-8-18(9-11-19)14-15-5-2-1-3-6-15/h1-3,5-6,16H,4,7-14H2. The van der Waals surface area contributed by atoms with E-state index in [-0.39, 0.29) is 12.0 Å². The maximum atomic E-state index is 12.2. The van der Waals surface area contributed by atoms with Gasteiger partial charge in [-0.25, -0.2) is 0 Å². The minimum Gasteiger partial charge on any atom is -0.378 e. The molecule has 2 aliphatic heterocycles. The SMILES string of the molecule is O=C(CC1CCCO1)N1CCN(Cc2ccccc2)CC1. The number of piperazine rings is 1. The highest BCUT2D eigenvalue weighted by atomic mass is 16.5. The van der Waals surface area contributed by atoms with Gasteiger partial charge < -0.3 is 9.64 Å². The van der Waals surface area contributed by atoms with Gasteiger partial charge in [0.25, 0.3) is 0 Å². The number of hydrogen-bond donors (Lipinski definition) is 0. The van der Waals surface area contributed by atoms with Crippen LogP contribution in [0.15, 0.2) is 30.3 Å². The minimum absolute atomic E-state index is 0.167. The van der Waals surface area contributed by atoms with Gasteiger partial charge in [-0.2, -0.15) is 0 Å². The molecule has 114 valence electrons. The van der Waals surface area contributed by atoms with Crippen LogP contribution in [0.2, 0.25) is 0 Å². The predicted molar refractivity (Wildman–Crippen MR) is 81.9 cm³/mol. The van der Waals surface area contributed by atoms with Crippen LogP contribution >= 0.6 is 0 Å². The Bertz CT molecular complexity index is 449. The Morgan fingerprint density at radius 2 is 1.90 bits per heavy atom. The third-order valence-electron chi connectivity index (χ3n) is 4.40. The molecule has 0 radical (unpaired) electrons. The average Bonchev–Trinajstić information content (AvgIpc) is 3.02. The summed E-state index contributed by atoms with van der Waals surface area (Å²) in [6.45, 7) is 5.42. The molecule has 1 amide bonds. The molecule has 4 nitrogen and oxygen atoms in total. The lowest BCUT2D eigenvalue weighted by atomic mass is 10.1. The van der Waals surface area contributed by atoms with E-state index in [0.717, 1.165) is 52.2 Å². The summed E-state index contributed by atoms with van der Waals surface area (Å²) in [6.07, 6.45) is 2.88. The number of ether oxygens (including phenoxy) is 1. The third kappa shape index (κ3) is 4.05. The number of nitrogens with zero attached hydrogens (tertiary/aromatic N) is 2. The van der Waals surface area contributed by atoms with Crippen LogP contribution in [0.1, 0.15) is 24.8 Å². The van der Waals surface area contributed by atoms with Crippen molar-refractivity contribution in [1.29, 1.82) is 0 Å². The zero-order valence-electron chi connectivity index (χ0n) is 12.5. The molecule has 1 unspecified atom stereocenters. The molecule has 0 spiro atoms. The molecule has 21 heavy (non-hydrogen) atoms. The Hall–Kier alpha value is -1.39. The van der Waals surface area contributed by atoms with E-state index in [4.69, 9.17) is 4.74 Å². The molecule has 2 fully saturated rings. The zero-order valence-corrected chi connectivity index (χ0v) is 12.5. The van der Waals surface area contributed by atoms with Gasteiger partial charge in [0.1, 0.15) is 0 Å². The Morgan fingerprint density at radius 3 is 2.57 bits per heavy atom. The highest BCUT2D eigenvalue weighted by Crippen LogP contribution is 2.17. The molecule has 0 bridgehead atoms. The second-order valence-corrected chi connectivity index (χ2v) is 5.98. The Kier molecular flexibility index (Phi) is 4.88. The fourth-order valence-electron chi connectivity index (χ4n) is 3.13. The van der Waals surface area contributed by atoms with Gasteiger partial charge in [0.05, 0.1) is 12.5 Å². The highest BCUT2D eigenvalue weighted by Gasteiger charge is 2.25. The fraction of sp³-hybridized carbons (Fsp3) is 0.588. The van der Waals surface area contributed by atoms with Crippen molar-refractivity contribution in [3.8, 4) is 0 Å². The number of carbonyl (C=O) groups excluding carboxylic acids is 1. The molecule has 0 saturated carbocycles. The molecule has 2 saturated heterocycles. The minimum atomic E-state index is 0.167. The number of carbonyl (C=O) groups is 1. The van der Waals surface area contributed by atoms with Crippen LogP contribution in [0.4, 0.5) is 0 Å². The van der Waals surface area contributed by atoms with Crippen molar-refractivity contribution in [1.82, 2.24) is 9.80 Å². The van der Waals surface area contributed by atoms with Crippen molar-refractivity contribution in [3.05, 3.63) is 35.9 Å². The highest BCUT2D eigenvalue weighted by molar-refractivity contribution is 5.76. The van der Waals surface area contributed by atoms with Crippen LogP contribution in [-0.2, 0) is 16.1 Å². The molecule has 0 aliphatic carbocycles. The van der Waals surface area contributed by atoms with E-state index in [1.54, 1.807) is 0 Å². The lowest BCUT2D eigenvalue weighted by Gasteiger charge is -2.35. The monoisotopic (exact) mass is 288 g/mol. The van der Waals surface area contributed by atoms with E-state index in [9.17, 15) is 4.79 Å². The maximum Gasteiger partial charge on any atom is 0.225 e. The van der Waals surface area contributed by atoms with Crippen LogP contribution in [0, 0.1) is 0 Å². The molecule has 3 rings (SSSR count). The first-order valence-corrected chi connectivity index (χ1v) is 7.97.